The fourth-order valence-corrected chi connectivity index (χ4v) is 3.95. The Morgan fingerprint density at radius 1 is 1.14 bits per heavy atom. The van der Waals surface area contributed by atoms with Gasteiger partial charge in [0.15, 0.2) is 0 Å². The van der Waals surface area contributed by atoms with Gasteiger partial charge in [-0.05, 0) is 39.2 Å². The number of aliphatic hydroxyl groups excluding tert-OH is 1. The summed E-state index contributed by atoms with van der Waals surface area (Å²) in [5.41, 5.74) is -0.177. The van der Waals surface area contributed by atoms with Gasteiger partial charge in [0, 0.05) is 25.0 Å². The number of carbonyl (C=O) groups is 2. The van der Waals surface area contributed by atoms with Gasteiger partial charge < -0.3 is 24.4 Å². The Bertz CT molecular complexity index is 702. The lowest BCUT2D eigenvalue weighted by Crippen LogP contribution is -2.52. The summed E-state index contributed by atoms with van der Waals surface area (Å²) in [5, 5.41) is 10.7. The molecular formula is C21H30N2O5. The molecule has 2 heterocycles. The molecule has 0 saturated carbocycles. The number of hydrogen-bond acceptors (Lipinski definition) is 5. The summed E-state index contributed by atoms with van der Waals surface area (Å²) >= 11 is 0. The molecule has 3 rings (SSSR count). The highest BCUT2D eigenvalue weighted by Gasteiger charge is 2.51. The highest BCUT2D eigenvalue weighted by atomic mass is 16.6. The summed E-state index contributed by atoms with van der Waals surface area (Å²) in [6.07, 6.45) is 0.0270. The van der Waals surface area contributed by atoms with E-state index < -0.39 is 23.2 Å². The predicted octanol–water partition coefficient (Wildman–Crippen LogP) is 3.02. The molecule has 2 aliphatic rings. The number of ether oxygens (including phenoxy) is 2. The highest BCUT2D eigenvalue weighted by molar-refractivity contribution is 5.69. The van der Waals surface area contributed by atoms with Gasteiger partial charge in [0.2, 0.25) is 0 Å². The van der Waals surface area contributed by atoms with Crippen LogP contribution in [0.4, 0.5) is 9.59 Å². The fourth-order valence-electron chi connectivity index (χ4n) is 3.95. The summed E-state index contributed by atoms with van der Waals surface area (Å²) in [5.74, 6) is 0. The minimum atomic E-state index is -0.693. The molecule has 2 fully saturated rings. The lowest BCUT2D eigenvalue weighted by Gasteiger charge is -2.42. The third kappa shape index (κ3) is 4.76. The Morgan fingerprint density at radius 3 is 2.50 bits per heavy atom. The van der Waals surface area contributed by atoms with Crippen molar-refractivity contribution in [3.8, 4) is 0 Å². The van der Waals surface area contributed by atoms with E-state index in [1.807, 2.05) is 51.1 Å². The number of carbonyl (C=O) groups excluding carboxylic acids is 2. The lowest BCUT2D eigenvalue weighted by molar-refractivity contribution is -0.0199. The summed E-state index contributed by atoms with van der Waals surface area (Å²) in [7, 11) is 0. The number of rotatable bonds is 2. The number of aliphatic hydroxyl groups is 1. The van der Waals surface area contributed by atoms with Crippen molar-refractivity contribution in [2.24, 2.45) is 5.41 Å². The molecule has 2 amide bonds. The molecule has 2 saturated heterocycles. The smallest absolute Gasteiger partial charge is 0.410 e. The van der Waals surface area contributed by atoms with Crippen LogP contribution in [0.5, 0.6) is 0 Å². The molecule has 0 radical (unpaired) electrons. The molecule has 1 N–H and O–H groups in total. The van der Waals surface area contributed by atoms with E-state index in [2.05, 4.69) is 0 Å². The minimum absolute atomic E-state index is 0.198. The standard InChI is InChI=1S/C21H30N2O5/c1-20(2,3)28-19(26)22-11-7-10-21(14-22)15-23(12-17(21)24)18(25)27-13-16-8-5-4-6-9-16/h4-6,8-9,17,24H,7,10-15H2,1-3H3. The molecule has 0 bridgehead atoms. The second-order valence-electron chi connectivity index (χ2n) is 8.80. The van der Waals surface area contributed by atoms with Crippen LogP contribution in [0.25, 0.3) is 0 Å². The molecule has 1 spiro atoms. The van der Waals surface area contributed by atoms with Gasteiger partial charge in [-0.2, -0.15) is 0 Å². The largest absolute Gasteiger partial charge is 0.445 e. The zero-order valence-electron chi connectivity index (χ0n) is 16.9. The van der Waals surface area contributed by atoms with Crippen molar-refractivity contribution in [3.63, 3.8) is 0 Å². The van der Waals surface area contributed by atoms with Gasteiger partial charge in [-0.3, -0.25) is 0 Å². The van der Waals surface area contributed by atoms with Crippen LogP contribution >= 0.6 is 0 Å². The summed E-state index contributed by atoms with van der Waals surface area (Å²) < 4.78 is 10.9. The van der Waals surface area contributed by atoms with Crippen LogP contribution in [0.1, 0.15) is 39.2 Å². The van der Waals surface area contributed by atoms with Crippen molar-refractivity contribution in [3.05, 3.63) is 35.9 Å². The van der Waals surface area contributed by atoms with Crippen molar-refractivity contribution in [1.29, 1.82) is 0 Å². The molecule has 0 aliphatic carbocycles. The predicted molar refractivity (Wildman–Crippen MR) is 104 cm³/mol. The van der Waals surface area contributed by atoms with Gasteiger partial charge in [0.25, 0.3) is 0 Å². The van der Waals surface area contributed by atoms with E-state index in [1.165, 1.54) is 0 Å². The maximum Gasteiger partial charge on any atom is 0.410 e. The van der Waals surface area contributed by atoms with Crippen LogP contribution in [0.3, 0.4) is 0 Å². The zero-order chi connectivity index (χ0) is 20.4. The van der Waals surface area contributed by atoms with Crippen molar-refractivity contribution >= 4 is 12.2 Å². The van der Waals surface area contributed by atoms with Crippen LogP contribution in [0, 0.1) is 5.41 Å². The number of amides is 2. The molecule has 154 valence electrons. The Kier molecular flexibility index (Phi) is 5.84. The van der Waals surface area contributed by atoms with Crippen LogP contribution < -0.4 is 0 Å². The Balaban J connectivity index is 1.60. The number of β-amino-alcohol motifs (C(OH)–C–C–N with tert-alkyl or cyclic N) is 1. The molecule has 2 unspecified atom stereocenters. The summed E-state index contributed by atoms with van der Waals surface area (Å²) in [4.78, 5) is 28.1. The number of hydrogen-bond donors (Lipinski definition) is 1. The van der Waals surface area contributed by atoms with Gasteiger partial charge in [0.05, 0.1) is 12.6 Å². The topological polar surface area (TPSA) is 79.3 Å². The third-order valence-electron chi connectivity index (χ3n) is 5.33. The Hall–Kier alpha value is -2.28. The van der Waals surface area contributed by atoms with E-state index in [1.54, 1.807) is 9.80 Å². The van der Waals surface area contributed by atoms with Gasteiger partial charge >= 0.3 is 12.2 Å². The van der Waals surface area contributed by atoms with E-state index in [-0.39, 0.29) is 19.2 Å². The van der Waals surface area contributed by atoms with Gasteiger partial charge in [-0.25, -0.2) is 9.59 Å². The molecular weight excluding hydrogens is 360 g/mol. The molecule has 28 heavy (non-hydrogen) atoms. The molecule has 1 aromatic rings. The van der Waals surface area contributed by atoms with Crippen molar-refractivity contribution < 1.29 is 24.2 Å². The third-order valence-corrected chi connectivity index (χ3v) is 5.33. The highest BCUT2D eigenvalue weighted by Crippen LogP contribution is 2.40. The maximum absolute atomic E-state index is 12.5. The van der Waals surface area contributed by atoms with Crippen molar-refractivity contribution in [2.75, 3.05) is 26.2 Å². The van der Waals surface area contributed by atoms with E-state index in [0.717, 1.165) is 18.4 Å². The van der Waals surface area contributed by atoms with Gasteiger partial charge in [-0.1, -0.05) is 30.3 Å². The van der Waals surface area contributed by atoms with Gasteiger partial charge in [0.1, 0.15) is 12.2 Å². The van der Waals surface area contributed by atoms with Crippen molar-refractivity contribution in [2.45, 2.75) is 51.9 Å². The van der Waals surface area contributed by atoms with E-state index >= 15 is 0 Å². The second-order valence-corrected chi connectivity index (χ2v) is 8.80. The number of nitrogens with zero attached hydrogens (tertiary/aromatic N) is 2. The summed E-state index contributed by atoms with van der Waals surface area (Å²) in [6, 6.07) is 9.49. The zero-order valence-corrected chi connectivity index (χ0v) is 16.9. The average molecular weight is 390 g/mol. The molecule has 7 heteroatoms. The monoisotopic (exact) mass is 390 g/mol. The van der Waals surface area contributed by atoms with Crippen molar-refractivity contribution in [1.82, 2.24) is 9.80 Å². The molecule has 2 atom stereocenters. The number of piperidine rings is 1. The van der Waals surface area contributed by atoms with Crippen LogP contribution in [0.15, 0.2) is 30.3 Å². The first-order valence-corrected chi connectivity index (χ1v) is 9.80. The first kappa shape index (κ1) is 20.5. The Labute approximate surface area is 166 Å². The molecule has 2 aliphatic heterocycles. The molecule has 7 nitrogen and oxygen atoms in total. The van der Waals surface area contributed by atoms with Gasteiger partial charge in [-0.15, -0.1) is 0 Å². The lowest BCUT2D eigenvalue weighted by atomic mass is 9.77. The van der Waals surface area contributed by atoms with E-state index in [0.29, 0.717) is 19.6 Å². The number of likely N-dealkylation sites (tertiary alicyclic amines) is 2. The molecule has 1 aromatic carbocycles. The van der Waals surface area contributed by atoms with Crippen LogP contribution in [0.2, 0.25) is 0 Å². The first-order chi connectivity index (χ1) is 13.2. The normalized spacial score (nSPS) is 25.1. The maximum atomic E-state index is 12.5. The minimum Gasteiger partial charge on any atom is -0.445 e. The van der Waals surface area contributed by atoms with Crippen LogP contribution in [-0.2, 0) is 16.1 Å². The summed E-state index contributed by atoms with van der Waals surface area (Å²) in [6.45, 7) is 7.27. The second kappa shape index (κ2) is 7.99. The van der Waals surface area contributed by atoms with E-state index in [4.69, 9.17) is 9.47 Å². The SMILES string of the molecule is CC(C)(C)OC(=O)N1CCCC2(CN(C(=O)OCc3ccccc3)CC2O)C1. The Morgan fingerprint density at radius 2 is 1.82 bits per heavy atom. The van der Waals surface area contributed by atoms with Crippen LogP contribution in [-0.4, -0.2) is 65.0 Å². The fraction of sp³-hybridized carbons (Fsp3) is 0.619. The number of benzene rings is 1. The molecule has 0 aromatic heterocycles. The average Bonchev–Trinajstić information content (AvgIpc) is 2.95. The van der Waals surface area contributed by atoms with E-state index in [9.17, 15) is 14.7 Å². The first-order valence-electron chi connectivity index (χ1n) is 9.80. The quantitative estimate of drug-likeness (QED) is 0.840.